The van der Waals surface area contributed by atoms with Gasteiger partial charge in [0.2, 0.25) is 0 Å². The highest BCUT2D eigenvalue weighted by atomic mass is 19.4. The van der Waals surface area contributed by atoms with Crippen molar-refractivity contribution in [2.75, 3.05) is 7.05 Å². The number of nitriles is 1. The van der Waals surface area contributed by atoms with Crippen molar-refractivity contribution in [2.24, 2.45) is 5.92 Å². The molecule has 5 heteroatoms. The number of hydrogen-bond donors (Lipinski definition) is 0. The Kier molecular flexibility index (Phi) is 7.71. The Bertz CT molecular complexity index is 855. The monoisotopic (exact) mass is 416 g/mol. The molecule has 0 heterocycles. The Morgan fingerprint density at radius 2 is 1.43 bits per heavy atom. The molecule has 3 atom stereocenters. The molecule has 0 aromatic heterocycles. The van der Waals surface area contributed by atoms with Crippen LogP contribution in [0, 0.1) is 17.2 Å². The van der Waals surface area contributed by atoms with Gasteiger partial charge < -0.3 is 0 Å². The minimum Gasteiger partial charge on any atom is -0.297 e. The van der Waals surface area contributed by atoms with Gasteiger partial charge in [0.25, 0.3) is 0 Å². The predicted octanol–water partition coefficient (Wildman–Crippen LogP) is 6.98. The van der Waals surface area contributed by atoms with Gasteiger partial charge in [-0.15, -0.1) is 0 Å². The maximum Gasteiger partial charge on any atom is 0.416 e. The molecule has 2 nitrogen and oxygen atoms in total. The lowest BCUT2D eigenvalue weighted by Gasteiger charge is -2.37. The highest BCUT2D eigenvalue weighted by Gasteiger charge is 2.44. The first-order valence-electron chi connectivity index (χ1n) is 10.4. The van der Waals surface area contributed by atoms with Crippen molar-refractivity contribution >= 4 is 0 Å². The Balaban J connectivity index is 2.29. The molecular weight excluding hydrogens is 385 g/mol. The Morgan fingerprint density at radius 3 is 1.93 bits per heavy atom. The minimum absolute atomic E-state index is 0.0842. The molecule has 0 radical (unpaired) electrons. The standard InChI is InChI=1S/C25H31F3N2/c1-18(2)24(17-29,22-13-9-10-14-23(22)25(26,27)28)16-15-19(3)30(5)20(4)21-11-7-6-8-12-21/h6-14,18-20H,15-16H2,1-5H3. The lowest BCUT2D eigenvalue weighted by molar-refractivity contribution is -0.138. The van der Waals surface area contributed by atoms with E-state index in [2.05, 4.69) is 36.9 Å². The summed E-state index contributed by atoms with van der Waals surface area (Å²) in [4.78, 5) is 2.22. The average Bonchev–Trinajstić information content (AvgIpc) is 2.73. The normalized spacial score (nSPS) is 16.2. The summed E-state index contributed by atoms with van der Waals surface area (Å²) in [6, 6.07) is 18.2. The second-order valence-corrected chi connectivity index (χ2v) is 8.42. The van der Waals surface area contributed by atoms with Crippen molar-refractivity contribution < 1.29 is 13.2 Å². The first-order valence-corrected chi connectivity index (χ1v) is 10.4. The molecule has 0 saturated carbocycles. The molecule has 0 spiro atoms. The lowest BCUT2D eigenvalue weighted by Crippen LogP contribution is -2.37. The van der Waals surface area contributed by atoms with Crippen LogP contribution in [0.3, 0.4) is 0 Å². The van der Waals surface area contributed by atoms with Crippen LogP contribution in [0.25, 0.3) is 0 Å². The largest absolute Gasteiger partial charge is 0.416 e. The molecule has 0 bridgehead atoms. The van der Waals surface area contributed by atoms with E-state index in [-0.39, 0.29) is 23.6 Å². The first kappa shape index (κ1) is 24.0. The van der Waals surface area contributed by atoms with E-state index in [0.29, 0.717) is 12.8 Å². The molecule has 0 amide bonds. The summed E-state index contributed by atoms with van der Waals surface area (Å²) in [5.74, 6) is -0.255. The van der Waals surface area contributed by atoms with Gasteiger partial charge in [-0.25, -0.2) is 0 Å². The summed E-state index contributed by atoms with van der Waals surface area (Å²) < 4.78 is 41.0. The molecule has 30 heavy (non-hydrogen) atoms. The maximum absolute atomic E-state index is 13.7. The van der Waals surface area contributed by atoms with Crippen LogP contribution in [0.4, 0.5) is 13.2 Å². The van der Waals surface area contributed by atoms with E-state index in [1.54, 1.807) is 6.07 Å². The van der Waals surface area contributed by atoms with Gasteiger partial charge >= 0.3 is 6.18 Å². The fourth-order valence-electron chi connectivity index (χ4n) is 4.09. The van der Waals surface area contributed by atoms with E-state index in [1.165, 1.54) is 17.7 Å². The van der Waals surface area contributed by atoms with Crippen LogP contribution < -0.4 is 0 Å². The summed E-state index contributed by atoms with van der Waals surface area (Å²) in [5, 5.41) is 10.1. The highest BCUT2D eigenvalue weighted by molar-refractivity contribution is 5.41. The van der Waals surface area contributed by atoms with Crippen molar-refractivity contribution in [3.05, 3.63) is 71.3 Å². The molecule has 2 aromatic rings. The number of alkyl halides is 3. The van der Waals surface area contributed by atoms with Gasteiger partial charge in [0, 0.05) is 12.1 Å². The Labute approximate surface area is 178 Å². The third-order valence-electron chi connectivity index (χ3n) is 6.44. The smallest absolute Gasteiger partial charge is 0.297 e. The molecule has 3 unspecified atom stereocenters. The number of nitrogens with zero attached hydrogens (tertiary/aromatic N) is 2. The SMILES string of the molecule is CC(CCC(C#N)(c1ccccc1C(F)(F)F)C(C)C)N(C)C(C)c1ccccc1. The predicted molar refractivity (Wildman–Crippen MR) is 115 cm³/mol. The molecule has 0 aliphatic rings. The minimum atomic E-state index is -4.49. The van der Waals surface area contributed by atoms with E-state index in [9.17, 15) is 18.4 Å². The van der Waals surface area contributed by atoms with Crippen LogP contribution in [-0.4, -0.2) is 18.0 Å². The van der Waals surface area contributed by atoms with Crippen LogP contribution in [-0.2, 0) is 11.6 Å². The zero-order valence-electron chi connectivity index (χ0n) is 18.4. The Morgan fingerprint density at radius 1 is 0.900 bits per heavy atom. The molecule has 0 aliphatic heterocycles. The topological polar surface area (TPSA) is 27.0 Å². The molecule has 0 N–H and O–H groups in total. The van der Waals surface area contributed by atoms with Gasteiger partial charge in [0.05, 0.1) is 17.0 Å². The fraction of sp³-hybridized carbons (Fsp3) is 0.480. The van der Waals surface area contributed by atoms with E-state index >= 15 is 0 Å². The quantitative estimate of drug-likeness (QED) is 0.464. The van der Waals surface area contributed by atoms with Crippen molar-refractivity contribution in [3.8, 4) is 6.07 Å². The summed E-state index contributed by atoms with van der Waals surface area (Å²) in [6.45, 7) is 7.84. The first-order chi connectivity index (χ1) is 14.0. The lowest BCUT2D eigenvalue weighted by atomic mass is 9.68. The summed E-state index contributed by atoms with van der Waals surface area (Å²) in [5.41, 5.74) is -0.637. The molecule has 0 aliphatic carbocycles. The number of hydrogen-bond acceptors (Lipinski definition) is 2. The average molecular weight is 417 g/mol. The number of benzene rings is 2. The molecule has 0 fully saturated rings. The van der Waals surface area contributed by atoms with E-state index in [4.69, 9.17) is 0 Å². The van der Waals surface area contributed by atoms with Crippen LogP contribution in [0.2, 0.25) is 0 Å². The molecule has 2 rings (SSSR count). The fourth-order valence-corrected chi connectivity index (χ4v) is 4.09. The van der Waals surface area contributed by atoms with Crippen LogP contribution in [0.15, 0.2) is 54.6 Å². The van der Waals surface area contributed by atoms with Gasteiger partial charge in [0.1, 0.15) is 0 Å². The molecular formula is C25H31F3N2. The maximum atomic E-state index is 13.7. The highest BCUT2D eigenvalue weighted by Crippen LogP contribution is 2.44. The Hall–Kier alpha value is -2.32. The van der Waals surface area contributed by atoms with Gasteiger partial charge in [-0.3, -0.25) is 4.90 Å². The van der Waals surface area contributed by atoms with Crippen molar-refractivity contribution in [2.45, 2.75) is 64.2 Å². The van der Waals surface area contributed by atoms with Crippen LogP contribution >= 0.6 is 0 Å². The van der Waals surface area contributed by atoms with Gasteiger partial charge in [-0.05, 0) is 56.8 Å². The van der Waals surface area contributed by atoms with E-state index in [1.807, 2.05) is 39.1 Å². The third kappa shape index (κ3) is 5.05. The number of halogens is 3. The van der Waals surface area contributed by atoms with Crippen molar-refractivity contribution in [1.29, 1.82) is 5.26 Å². The molecule has 2 aromatic carbocycles. The van der Waals surface area contributed by atoms with E-state index in [0.717, 1.165) is 6.07 Å². The number of rotatable bonds is 8. The molecule has 0 saturated heterocycles. The summed E-state index contributed by atoms with van der Waals surface area (Å²) >= 11 is 0. The van der Waals surface area contributed by atoms with Crippen LogP contribution in [0.5, 0.6) is 0 Å². The van der Waals surface area contributed by atoms with Crippen molar-refractivity contribution in [3.63, 3.8) is 0 Å². The van der Waals surface area contributed by atoms with Crippen LogP contribution in [0.1, 0.15) is 63.3 Å². The van der Waals surface area contributed by atoms with E-state index < -0.39 is 17.2 Å². The molecule has 162 valence electrons. The third-order valence-corrected chi connectivity index (χ3v) is 6.44. The second-order valence-electron chi connectivity index (χ2n) is 8.42. The zero-order valence-corrected chi connectivity index (χ0v) is 18.4. The van der Waals surface area contributed by atoms with Gasteiger partial charge in [-0.2, -0.15) is 18.4 Å². The van der Waals surface area contributed by atoms with Crippen molar-refractivity contribution in [1.82, 2.24) is 4.90 Å². The van der Waals surface area contributed by atoms with Gasteiger partial charge in [-0.1, -0.05) is 62.4 Å². The summed E-state index contributed by atoms with van der Waals surface area (Å²) in [7, 11) is 2.02. The summed E-state index contributed by atoms with van der Waals surface area (Å²) in [6.07, 6.45) is -3.51. The second kappa shape index (κ2) is 9.66. The zero-order chi connectivity index (χ0) is 22.5. The van der Waals surface area contributed by atoms with Gasteiger partial charge in [0.15, 0.2) is 0 Å².